The standard InChI is InChI=1S/C12H24N2O4/c1-12(2,3)18-11(16)14-7-5-6-9(13)8-10(15)17-4/h9H,5-8,13H2,1-4H3,(H,14,16)/t9-/m0/s1. The van der Waals surface area contributed by atoms with Crippen molar-refractivity contribution in [2.45, 2.75) is 51.7 Å². The molecule has 106 valence electrons. The van der Waals surface area contributed by atoms with E-state index in [1.807, 2.05) is 0 Å². The Morgan fingerprint density at radius 1 is 1.33 bits per heavy atom. The summed E-state index contributed by atoms with van der Waals surface area (Å²) in [6.45, 7) is 5.89. The van der Waals surface area contributed by atoms with Gasteiger partial charge in [0.25, 0.3) is 0 Å². The molecule has 0 unspecified atom stereocenters. The summed E-state index contributed by atoms with van der Waals surface area (Å²) < 4.78 is 9.58. The summed E-state index contributed by atoms with van der Waals surface area (Å²) >= 11 is 0. The largest absolute Gasteiger partial charge is 0.469 e. The van der Waals surface area contributed by atoms with Crippen LogP contribution in [0.5, 0.6) is 0 Å². The average Bonchev–Trinajstić information content (AvgIpc) is 2.21. The van der Waals surface area contributed by atoms with Gasteiger partial charge >= 0.3 is 12.1 Å². The predicted octanol–water partition coefficient (Wildman–Crippen LogP) is 1.18. The number of nitrogens with two attached hydrogens (primary N) is 1. The molecule has 0 aromatic heterocycles. The van der Waals surface area contributed by atoms with E-state index in [0.29, 0.717) is 19.4 Å². The predicted molar refractivity (Wildman–Crippen MR) is 68.1 cm³/mol. The van der Waals surface area contributed by atoms with E-state index < -0.39 is 11.7 Å². The zero-order chi connectivity index (χ0) is 14.2. The Kier molecular flexibility index (Phi) is 7.35. The molecule has 1 atom stereocenters. The summed E-state index contributed by atoms with van der Waals surface area (Å²) in [5.41, 5.74) is 5.23. The lowest BCUT2D eigenvalue weighted by molar-refractivity contribution is -0.141. The van der Waals surface area contributed by atoms with Gasteiger partial charge in [-0.25, -0.2) is 4.79 Å². The highest BCUT2D eigenvalue weighted by Gasteiger charge is 2.15. The SMILES string of the molecule is COC(=O)C[C@@H](N)CCCNC(=O)OC(C)(C)C. The third-order valence-corrected chi connectivity index (χ3v) is 2.08. The maximum Gasteiger partial charge on any atom is 0.407 e. The zero-order valence-electron chi connectivity index (χ0n) is 11.6. The number of nitrogens with one attached hydrogen (secondary N) is 1. The van der Waals surface area contributed by atoms with Gasteiger partial charge in [-0.05, 0) is 33.6 Å². The number of carbonyl (C=O) groups excluding carboxylic acids is 2. The summed E-state index contributed by atoms with van der Waals surface area (Å²) in [6, 6.07) is -0.238. The monoisotopic (exact) mass is 260 g/mol. The van der Waals surface area contributed by atoms with Crippen molar-refractivity contribution in [1.29, 1.82) is 0 Å². The van der Waals surface area contributed by atoms with E-state index in [0.717, 1.165) is 0 Å². The van der Waals surface area contributed by atoms with Crippen molar-refractivity contribution in [2.24, 2.45) is 5.73 Å². The highest BCUT2D eigenvalue weighted by Crippen LogP contribution is 2.06. The van der Waals surface area contributed by atoms with Gasteiger partial charge in [-0.15, -0.1) is 0 Å². The summed E-state index contributed by atoms with van der Waals surface area (Å²) in [6.07, 6.45) is 1.09. The lowest BCUT2D eigenvalue weighted by Gasteiger charge is -2.19. The van der Waals surface area contributed by atoms with Gasteiger partial charge < -0.3 is 20.5 Å². The Morgan fingerprint density at radius 3 is 2.44 bits per heavy atom. The number of methoxy groups -OCH3 is 1. The molecule has 0 fully saturated rings. The first-order valence-electron chi connectivity index (χ1n) is 6.04. The van der Waals surface area contributed by atoms with Gasteiger partial charge in [0.1, 0.15) is 5.60 Å². The van der Waals surface area contributed by atoms with Gasteiger partial charge in [-0.1, -0.05) is 0 Å². The molecule has 0 aromatic rings. The molecule has 0 rings (SSSR count). The molecule has 0 aliphatic heterocycles. The minimum absolute atomic E-state index is 0.197. The Labute approximate surface area is 108 Å². The molecular weight excluding hydrogens is 236 g/mol. The molecule has 18 heavy (non-hydrogen) atoms. The smallest absolute Gasteiger partial charge is 0.407 e. The van der Waals surface area contributed by atoms with E-state index in [1.165, 1.54) is 7.11 Å². The van der Waals surface area contributed by atoms with Crippen molar-refractivity contribution in [3.05, 3.63) is 0 Å². The second-order valence-electron chi connectivity index (χ2n) is 5.11. The van der Waals surface area contributed by atoms with Crippen molar-refractivity contribution in [1.82, 2.24) is 5.32 Å². The van der Waals surface area contributed by atoms with Crippen molar-refractivity contribution in [2.75, 3.05) is 13.7 Å². The molecule has 6 heteroatoms. The molecule has 0 heterocycles. The highest BCUT2D eigenvalue weighted by atomic mass is 16.6. The van der Waals surface area contributed by atoms with Crippen LogP contribution in [0.2, 0.25) is 0 Å². The number of hydrogen-bond acceptors (Lipinski definition) is 5. The summed E-state index contributed by atoms with van der Waals surface area (Å²) in [7, 11) is 1.33. The number of hydrogen-bond donors (Lipinski definition) is 2. The Balaban J connectivity index is 3.61. The van der Waals surface area contributed by atoms with Crippen molar-refractivity contribution in [3.63, 3.8) is 0 Å². The Hall–Kier alpha value is -1.30. The third-order valence-electron chi connectivity index (χ3n) is 2.08. The molecule has 0 aromatic carbocycles. The molecule has 0 aliphatic rings. The van der Waals surface area contributed by atoms with Crippen molar-refractivity contribution >= 4 is 12.1 Å². The van der Waals surface area contributed by atoms with Crippen LogP contribution in [-0.2, 0) is 14.3 Å². The van der Waals surface area contributed by atoms with Crippen LogP contribution < -0.4 is 11.1 Å². The fraction of sp³-hybridized carbons (Fsp3) is 0.833. The molecule has 3 N–H and O–H groups in total. The summed E-state index contributed by atoms with van der Waals surface area (Å²) in [5.74, 6) is -0.317. The topological polar surface area (TPSA) is 90.6 Å². The van der Waals surface area contributed by atoms with Gasteiger partial charge in [-0.3, -0.25) is 4.79 Å². The molecule has 0 spiro atoms. The van der Waals surface area contributed by atoms with Crippen LogP contribution in [0.3, 0.4) is 0 Å². The molecular formula is C12H24N2O4. The summed E-state index contributed by atoms with van der Waals surface area (Å²) in [5, 5.41) is 2.63. The number of amides is 1. The first kappa shape index (κ1) is 16.7. The number of ether oxygens (including phenoxy) is 2. The first-order valence-corrected chi connectivity index (χ1v) is 6.04. The number of alkyl carbamates (subject to hydrolysis) is 1. The minimum atomic E-state index is -0.495. The maximum absolute atomic E-state index is 11.3. The van der Waals surface area contributed by atoms with E-state index in [4.69, 9.17) is 10.5 Å². The second kappa shape index (κ2) is 7.92. The Bertz CT molecular complexity index is 274. The molecule has 1 amide bonds. The van der Waals surface area contributed by atoms with Gasteiger partial charge in [-0.2, -0.15) is 0 Å². The van der Waals surface area contributed by atoms with Crippen LogP contribution in [0.1, 0.15) is 40.0 Å². The van der Waals surface area contributed by atoms with Crippen LogP contribution in [0.15, 0.2) is 0 Å². The number of carbonyl (C=O) groups is 2. The normalized spacial score (nSPS) is 12.7. The van der Waals surface area contributed by atoms with E-state index in [2.05, 4.69) is 10.1 Å². The minimum Gasteiger partial charge on any atom is -0.469 e. The van der Waals surface area contributed by atoms with Crippen molar-refractivity contribution < 1.29 is 19.1 Å². The average molecular weight is 260 g/mol. The van der Waals surface area contributed by atoms with Gasteiger partial charge in [0.15, 0.2) is 0 Å². The van der Waals surface area contributed by atoms with Gasteiger partial charge in [0, 0.05) is 12.6 Å². The second-order valence-corrected chi connectivity index (χ2v) is 5.11. The van der Waals surface area contributed by atoms with E-state index in [-0.39, 0.29) is 18.4 Å². The molecule has 0 saturated heterocycles. The quantitative estimate of drug-likeness (QED) is 0.553. The van der Waals surface area contributed by atoms with E-state index >= 15 is 0 Å². The maximum atomic E-state index is 11.3. The lowest BCUT2D eigenvalue weighted by Crippen LogP contribution is -2.33. The molecule has 0 radical (unpaired) electrons. The van der Waals surface area contributed by atoms with Crippen LogP contribution in [-0.4, -0.2) is 37.4 Å². The molecule has 0 bridgehead atoms. The number of esters is 1. The number of rotatable bonds is 6. The van der Waals surface area contributed by atoms with Crippen LogP contribution in [0.25, 0.3) is 0 Å². The van der Waals surface area contributed by atoms with Gasteiger partial charge in [0.2, 0.25) is 0 Å². The zero-order valence-corrected chi connectivity index (χ0v) is 11.6. The van der Waals surface area contributed by atoms with E-state index in [1.54, 1.807) is 20.8 Å². The van der Waals surface area contributed by atoms with Gasteiger partial charge in [0.05, 0.1) is 13.5 Å². The van der Waals surface area contributed by atoms with Crippen molar-refractivity contribution in [3.8, 4) is 0 Å². The Morgan fingerprint density at radius 2 is 1.94 bits per heavy atom. The fourth-order valence-corrected chi connectivity index (χ4v) is 1.27. The van der Waals surface area contributed by atoms with Crippen LogP contribution >= 0.6 is 0 Å². The lowest BCUT2D eigenvalue weighted by atomic mass is 10.1. The van der Waals surface area contributed by atoms with E-state index in [9.17, 15) is 9.59 Å². The first-order chi connectivity index (χ1) is 8.24. The summed E-state index contributed by atoms with van der Waals surface area (Å²) in [4.78, 5) is 22.2. The molecule has 0 saturated carbocycles. The van der Waals surface area contributed by atoms with Crippen LogP contribution in [0.4, 0.5) is 4.79 Å². The highest BCUT2D eigenvalue weighted by molar-refractivity contribution is 5.69. The van der Waals surface area contributed by atoms with Crippen LogP contribution in [0, 0.1) is 0 Å². The molecule has 6 nitrogen and oxygen atoms in total. The molecule has 0 aliphatic carbocycles. The third kappa shape index (κ3) is 9.89. The fourth-order valence-electron chi connectivity index (χ4n) is 1.27.